The zero-order valence-electron chi connectivity index (χ0n) is 4.84. The third-order valence-electron chi connectivity index (χ3n) is 0.953. The van der Waals surface area contributed by atoms with Crippen molar-refractivity contribution in [3.63, 3.8) is 0 Å². The van der Waals surface area contributed by atoms with Gasteiger partial charge in [0.2, 0.25) is 0 Å². The van der Waals surface area contributed by atoms with Crippen molar-refractivity contribution in [1.82, 2.24) is 10.6 Å². The van der Waals surface area contributed by atoms with E-state index in [-0.39, 0.29) is 0 Å². The number of rotatable bonds is 0. The Morgan fingerprint density at radius 3 is 2.67 bits per heavy atom. The van der Waals surface area contributed by atoms with Crippen LogP contribution in [0.25, 0.3) is 0 Å². The van der Waals surface area contributed by atoms with Gasteiger partial charge in [0.05, 0.1) is 0 Å². The number of carbonyl (C=O) groups is 2. The molecule has 1 aliphatic heterocycles. The van der Waals surface area contributed by atoms with E-state index in [1.165, 1.54) is 6.20 Å². The highest BCUT2D eigenvalue weighted by Crippen LogP contribution is 1.94. The molecule has 0 atom stereocenters. The maximum absolute atomic E-state index is 10.5. The molecule has 4 nitrogen and oxygen atoms in total. The third kappa shape index (κ3) is 1.07. The Morgan fingerprint density at radius 2 is 2.22 bits per heavy atom. The average Bonchev–Trinajstić information content (AvgIpc) is 1.80. The fourth-order valence-corrected chi connectivity index (χ4v) is 0.444. The molecular formula is C5H5N2O2. The second-order valence-electron chi connectivity index (χ2n) is 1.69. The van der Waals surface area contributed by atoms with Crippen LogP contribution in [0.4, 0.5) is 4.79 Å². The van der Waals surface area contributed by atoms with Gasteiger partial charge in [-0.05, 0) is 6.92 Å². The molecule has 0 bridgehead atoms. The second-order valence-corrected chi connectivity index (χ2v) is 1.69. The zero-order chi connectivity index (χ0) is 6.85. The molecule has 0 saturated heterocycles. The number of amides is 3. The Balaban J connectivity index is 2.79. The van der Waals surface area contributed by atoms with Crippen LogP contribution < -0.4 is 10.6 Å². The minimum Gasteiger partial charge on any atom is -0.312 e. The van der Waals surface area contributed by atoms with Crippen LogP contribution >= 0.6 is 0 Å². The van der Waals surface area contributed by atoms with Crippen LogP contribution in [0.3, 0.4) is 0 Å². The molecule has 0 fully saturated rings. The first-order valence-corrected chi connectivity index (χ1v) is 2.43. The lowest BCUT2D eigenvalue weighted by Gasteiger charge is -2.05. The van der Waals surface area contributed by atoms with Crippen molar-refractivity contribution < 1.29 is 9.59 Å². The SMILES string of the molecule is CC1=CNC(=O)[N]C1=O. The minimum atomic E-state index is -0.592. The first kappa shape index (κ1) is 5.81. The summed E-state index contributed by atoms with van der Waals surface area (Å²) >= 11 is 0. The fraction of sp³-hybridized carbons (Fsp3) is 0.200. The van der Waals surface area contributed by atoms with Gasteiger partial charge in [-0.2, -0.15) is 5.32 Å². The maximum Gasteiger partial charge on any atom is 0.348 e. The van der Waals surface area contributed by atoms with Gasteiger partial charge in [0.1, 0.15) is 0 Å². The van der Waals surface area contributed by atoms with Gasteiger partial charge >= 0.3 is 6.03 Å². The van der Waals surface area contributed by atoms with Crippen LogP contribution in [0.1, 0.15) is 6.92 Å². The highest BCUT2D eigenvalue weighted by Gasteiger charge is 2.15. The van der Waals surface area contributed by atoms with Crippen molar-refractivity contribution in [1.29, 1.82) is 0 Å². The second kappa shape index (κ2) is 1.89. The third-order valence-corrected chi connectivity index (χ3v) is 0.953. The maximum atomic E-state index is 10.5. The highest BCUT2D eigenvalue weighted by molar-refractivity contribution is 6.05. The normalized spacial score (nSPS) is 18.1. The molecule has 1 radical (unpaired) electrons. The van der Waals surface area contributed by atoms with E-state index in [2.05, 4.69) is 10.6 Å². The molecule has 47 valence electrons. The quantitative estimate of drug-likeness (QED) is 0.485. The Kier molecular flexibility index (Phi) is 1.22. The van der Waals surface area contributed by atoms with Crippen LogP contribution in [0.5, 0.6) is 0 Å². The molecule has 9 heavy (non-hydrogen) atoms. The van der Waals surface area contributed by atoms with E-state index in [1.807, 2.05) is 0 Å². The minimum absolute atomic E-state index is 0.453. The van der Waals surface area contributed by atoms with Crippen molar-refractivity contribution >= 4 is 11.9 Å². The monoisotopic (exact) mass is 125 g/mol. The first-order chi connectivity index (χ1) is 4.20. The number of nitrogens with zero attached hydrogens (tertiary/aromatic N) is 1. The number of carbonyl (C=O) groups excluding carboxylic acids is 2. The van der Waals surface area contributed by atoms with E-state index in [9.17, 15) is 9.59 Å². The van der Waals surface area contributed by atoms with Crippen molar-refractivity contribution in [2.45, 2.75) is 6.92 Å². The summed E-state index contributed by atoms with van der Waals surface area (Å²) in [6, 6.07) is -0.592. The molecular weight excluding hydrogens is 120 g/mol. The van der Waals surface area contributed by atoms with Gasteiger partial charge in [-0.15, -0.1) is 0 Å². The summed E-state index contributed by atoms with van der Waals surface area (Å²) in [6.45, 7) is 1.59. The Morgan fingerprint density at radius 1 is 1.56 bits per heavy atom. The lowest BCUT2D eigenvalue weighted by atomic mass is 10.3. The smallest absolute Gasteiger partial charge is 0.312 e. The number of hydrogen-bond donors (Lipinski definition) is 1. The van der Waals surface area contributed by atoms with Gasteiger partial charge in [0.15, 0.2) is 0 Å². The average molecular weight is 125 g/mol. The molecule has 3 amide bonds. The molecule has 1 aliphatic rings. The number of nitrogens with one attached hydrogen (secondary N) is 1. The van der Waals surface area contributed by atoms with Gasteiger partial charge in [0.25, 0.3) is 5.91 Å². The molecule has 1 N–H and O–H groups in total. The molecule has 4 heteroatoms. The summed E-state index contributed by atoms with van der Waals surface area (Å²) in [5.41, 5.74) is 0.453. The molecule has 0 aliphatic carbocycles. The van der Waals surface area contributed by atoms with Gasteiger partial charge in [-0.25, -0.2) is 4.79 Å². The molecule has 1 rings (SSSR count). The van der Waals surface area contributed by atoms with Crippen molar-refractivity contribution in [3.05, 3.63) is 11.8 Å². The Hall–Kier alpha value is -1.32. The molecule has 0 aromatic carbocycles. The molecule has 0 aromatic heterocycles. The van der Waals surface area contributed by atoms with E-state index in [0.717, 1.165) is 0 Å². The highest BCUT2D eigenvalue weighted by atomic mass is 16.2. The van der Waals surface area contributed by atoms with Crippen LogP contribution in [0.2, 0.25) is 0 Å². The predicted molar refractivity (Wildman–Crippen MR) is 29.4 cm³/mol. The standard InChI is InChI=1S/C5H5N2O2/c1-3-2-6-5(9)7-4(3)8/h2H,1H3,(H,6,9). The van der Waals surface area contributed by atoms with Crippen LogP contribution in [0, 0.1) is 0 Å². The van der Waals surface area contributed by atoms with Gasteiger partial charge in [-0.3, -0.25) is 4.79 Å². The van der Waals surface area contributed by atoms with Crippen molar-refractivity contribution in [2.24, 2.45) is 0 Å². The topological polar surface area (TPSA) is 60.3 Å². The fourth-order valence-electron chi connectivity index (χ4n) is 0.444. The molecule has 1 heterocycles. The van der Waals surface area contributed by atoms with Crippen LogP contribution in [0.15, 0.2) is 11.8 Å². The molecule has 0 unspecified atom stereocenters. The number of hydrogen-bond acceptors (Lipinski definition) is 2. The summed E-state index contributed by atoms with van der Waals surface area (Å²) in [6.07, 6.45) is 1.34. The van der Waals surface area contributed by atoms with E-state index >= 15 is 0 Å². The lowest BCUT2D eigenvalue weighted by molar-refractivity contribution is -0.116. The van der Waals surface area contributed by atoms with E-state index in [1.54, 1.807) is 6.92 Å². The Labute approximate surface area is 51.9 Å². The van der Waals surface area contributed by atoms with Crippen LogP contribution in [-0.2, 0) is 4.79 Å². The molecule has 0 aromatic rings. The Bertz CT molecular complexity index is 195. The summed E-state index contributed by atoms with van der Waals surface area (Å²) in [4.78, 5) is 20.8. The summed E-state index contributed by atoms with van der Waals surface area (Å²) in [5, 5.41) is 5.38. The zero-order valence-corrected chi connectivity index (χ0v) is 4.84. The predicted octanol–water partition coefficient (Wildman–Crippen LogP) is -0.256. The summed E-state index contributed by atoms with van der Waals surface area (Å²) in [5.74, 6) is -0.459. The number of imide groups is 1. The van der Waals surface area contributed by atoms with Crippen LogP contribution in [-0.4, -0.2) is 11.9 Å². The molecule has 0 saturated carbocycles. The molecule has 0 spiro atoms. The lowest BCUT2D eigenvalue weighted by Crippen LogP contribution is -2.36. The van der Waals surface area contributed by atoms with Crippen molar-refractivity contribution in [3.8, 4) is 0 Å². The van der Waals surface area contributed by atoms with Gasteiger partial charge < -0.3 is 5.32 Å². The van der Waals surface area contributed by atoms with E-state index in [0.29, 0.717) is 5.57 Å². The van der Waals surface area contributed by atoms with E-state index in [4.69, 9.17) is 0 Å². The number of urea groups is 1. The summed E-state index contributed by atoms with van der Waals surface area (Å²) in [7, 11) is 0. The van der Waals surface area contributed by atoms with Gasteiger partial charge in [0, 0.05) is 11.8 Å². The largest absolute Gasteiger partial charge is 0.348 e. The van der Waals surface area contributed by atoms with Crippen molar-refractivity contribution in [2.75, 3.05) is 0 Å². The van der Waals surface area contributed by atoms with Gasteiger partial charge in [-0.1, -0.05) is 0 Å². The summed E-state index contributed by atoms with van der Waals surface area (Å²) < 4.78 is 0. The first-order valence-electron chi connectivity index (χ1n) is 2.43. The van der Waals surface area contributed by atoms with E-state index < -0.39 is 11.9 Å².